The lowest BCUT2D eigenvalue weighted by Gasteiger charge is -2.17. The lowest BCUT2D eigenvalue weighted by Crippen LogP contribution is -2.27. The lowest BCUT2D eigenvalue weighted by molar-refractivity contribution is -0.147. The molecule has 2 N–H and O–H groups in total. The number of carboxylic acid groups (broad SMARTS) is 1. The second-order valence-corrected chi connectivity index (χ2v) is 3.36. The zero-order chi connectivity index (χ0) is 9.78. The number of hydrogen-bond acceptors (Lipinski definition) is 2. The van der Waals surface area contributed by atoms with Crippen LogP contribution in [0.1, 0.15) is 26.7 Å². The summed E-state index contributed by atoms with van der Waals surface area (Å²) in [6.45, 7) is 3.22. The van der Waals surface area contributed by atoms with Crippen LogP contribution >= 0.6 is 0 Å². The summed E-state index contributed by atoms with van der Waals surface area (Å²) in [5, 5.41) is 11.1. The Hall–Kier alpha value is -1.06. The number of amides is 1. The second kappa shape index (κ2) is 4.09. The van der Waals surface area contributed by atoms with E-state index in [4.69, 9.17) is 5.11 Å². The molecule has 0 aliphatic heterocycles. The maximum Gasteiger partial charge on any atom is 0.309 e. The van der Waals surface area contributed by atoms with Gasteiger partial charge in [-0.1, -0.05) is 0 Å². The van der Waals surface area contributed by atoms with Crippen molar-refractivity contribution in [1.29, 1.82) is 0 Å². The normalized spacial score (nSPS) is 10.9. The average Bonchev–Trinajstić information content (AvgIpc) is 2.00. The van der Waals surface area contributed by atoms with Crippen LogP contribution in [0.5, 0.6) is 0 Å². The molecule has 0 saturated carbocycles. The third kappa shape index (κ3) is 3.37. The van der Waals surface area contributed by atoms with E-state index >= 15 is 0 Å². The summed E-state index contributed by atoms with van der Waals surface area (Å²) in [6, 6.07) is 0. The van der Waals surface area contributed by atoms with Gasteiger partial charge in [0.05, 0.1) is 5.41 Å². The van der Waals surface area contributed by atoms with Crippen molar-refractivity contribution >= 4 is 11.9 Å². The summed E-state index contributed by atoms with van der Waals surface area (Å²) in [7, 11) is 1.54. The van der Waals surface area contributed by atoms with Crippen molar-refractivity contribution in [2.75, 3.05) is 7.05 Å². The van der Waals surface area contributed by atoms with E-state index in [2.05, 4.69) is 5.32 Å². The molecule has 1 amide bonds. The molecule has 0 aliphatic rings. The summed E-state index contributed by atoms with van der Waals surface area (Å²) in [5.74, 6) is -0.990. The molecule has 0 fully saturated rings. The van der Waals surface area contributed by atoms with E-state index < -0.39 is 11.4 Å². The maximum absolute atomic E-state index is 10.8. The van der Waals surface area contributed by atoms with Crippen molar-refractivity contribution in [3.05, 3.63) is 0 Å². The topological polar surface area (TPSA) is 66.4 Å². The smallest absolute Gasteiger partial charge is 0.309 e. The molecule has 12 heavy (non-hydrogen) atoms. The number of carboxylic acids is 1. The highest BCUT2D eigenvalue weighted by Crippen LogP contribution is 2.21. The third-order valence-corrected chi connectivity index (χ3v) is 1.83. The molecule has 0 unspecified atom stereocenters. The van der Waals surface area contributed by atoms with Gasteiger partial charge in [0.15, 0.2) is 0 Å². The zero-order valence-corrected chi connectivity index (χ0v) is 7.68. The summed E-state index contributed by atoms with van der Waals surface area (Å²) >= 11 is 0. The Morgan fingerprint density at radius 2 is 1.92 bits per heavy atom. The fourth-order valence-corrected chi connectivity index (χ4v) is 0.658. The van der Waals surface area contributed by atoms with Crippen molar-refractivity contribution in [3.8, 4) is 0 Å². The quantitative estimate of drug-likeness (QED) is 0.655. The second-order valence-electron chi connectivity index (χ2n) is 3.36. The van der Waals surface area contributed by atoms with Crippen LogP contribution in [0.3, 0.4) is 0 Å². The molecule has 4 nitrogen and oxygen atoms in total. The zero-order valence-electron chi connectivity index (χ0n) is 7.68. The molecule has 0 aromatic carbocycles. The monoisotopic (exact) mass is 173 g/mol. The number of carbonyl (C=O) groups is 2. The largest absolute Gasteiger partial charge is 0.481 e. The minimum Gasteiger partial charge on any atom is -0.481 e. The van der Waals surface area contributed by atoms with Gasteiger partial charge < -0.3 is 10.4 Å². The van der Waals surface area contributed by atoms with Gasteiger partial charge in [-0.3, -0.25) is 9.59 Å². The number of hydrogen-bond donors (Lipinski definition) is 2. The van der Waals surface area contributed by atoms with E-state index in [0.717, 1.165) is 0 Å². The Balaban J connectivity index is 3.92. The van der Waals surface area contributed by atoms with Gasteiger partial charge in [-0.25, -0.2) is 0 Å². The Morgan fingerprint density at radius 1 is 1.42 bits per heavy atom. The molecule has 0 heterocycles. The molecular weight excluding hydrogens is 158 g/mol. The number of rotatable bonds is 4. The van der Waals surface area contributed by atoms with E-state index in [9.17, 15) is 9.59 Å². The maximum atomic E-state index is 10.8. The number of aliphatic carboxylic acids is 1. The Bertz CT molecular complexity index is 187. The van der Waals surface area contributed by atoms with E-state index in [-0.39, 0.29) is 12.3 Å². The molecule has 0 atom stereocenters. The van der Waals surface area contributed by atoms with Gasteiger partial charge in [0.1, 0.15) is 0 Å². The fourth-order valence-electron chi connectivity index (χ4n) is 0.658. The van der Waals surface area contributed by atoms with Gasteiger partial charge in [-0.2, -0.15) is 0 Å². The highest BCUT2D eigenvalue weighted by molar-refractivity contribution is 5.78. The molecule has 4 heteroatoms. The first-order chi connectivity index (χ1) is 5.40. The van der Waals surface area contributed by atoms with Crippen molar-refractivity contribution in [1.82, 2.24) is 5.32 Å². The predicted molar refractivity (Wildman–Crippen MR) is 44.7 cm³/mol. The number of carbonyl (C=O) groups excluding carboxylic acids is 1. The standard InChI is InChI=1S/C8H15NO3/c1-8(2,7(11)12)5-4-6(10)9-3/h4-5H2,1-3H3,(H,9,10)(H,11,12). The van der Waals surface area contributed by atoms with Crippen LogP contribution in [0.25, 0.3) is 0 Å². The number of nitrogens with one attached hydrogen (secondary N) is 1. The van der Waals surface area contributed by atoms with Gasteiger partial charge >= 0.3 is 5.97 Å². The van der Waals surface area contributed by atoms with Gasteiger partial charge in [0, 0.05) is 13.5 Å². The van der Waals surface area contributed by atoms with Crippen LogP contribution in [0, 0.1) is 5.41 Å². The van der Waals surface area contributed by atoms with E-state index in [1.807, 2.05) is 0 Å². The van der Waals surface area contributed by atoms with Crippen LogP contribution < -0.4 is 5.32 Å². The minimum absolute atomic E-state index is 0.121. The Labute approximate surface area is 72.0 Å². The summed E-state index contributed by atoms with van der Waals surface area (Å²) in [6.07, 6.45) is 0.623. The molecule has 0 rings (SSSR count). The van der Waals surface area contributed by atoms with Crippen LogP contribution in [0.2, 0.25) is 0 Å². The molecule has 0 radical (unpaired) electrons. The Morgan fingerprint density at radius 3 is 2.25 bits per heavy atom. The minimum atomic E-state index is -0.869. The summed E-state index contributed by atoms with van der Waals surface area (Å²) in [4.78, 5) is 21.4. The van der Waals surface area contributed by atoms with Crippen LogP contribution in [-0.4, -0.2) is 24.0 Å². The van der Waals surface area contributed by atoms with E-state index in [1.165, 1.54) is 7.05 Å². The predicted octanol–water partition coefficient (Wildman–Crippen LogP) is 0.623. The van der Waals surface area contributed by atoms with Crippen LogP contribution in [-0.2, 0) is 9.59 Å². The van der Waals surface area contributed by atoms with Crippen molar-refractivity contribution < 1.29 is 14.7 Å². The van der Waals surface area contributed by atoms with E-state index in [0.29, 0.717) is 6.42 Å². The first-order valence-corrected chi connectivity index (χ1v) is 3.84. The molecular formula is C8H15NO3. The molecule has 0 spiro atoms. The van der Waals surface area contributed by atoms with Gasteiger partial charge in [-0.05, 0) is 20.3 Å². The van der Waals surface area contributed by atoms with Crippen molar-refractivity contribution in [2.45, 2.75) is 26.7 Å². The fraction of sp³-hybridized carbons (Fsp3) is 0.750. The van der Waals surface area contributed by atoms with Gasteiger partial charge in [0.2, 0.25) is 5.91 Å². The van der Waals surface area contributed by atoms with Crippen molar-refractivity contribution in [2.24, 2.45) is 5.41 Å². The van der Waals surface area contributed by atoms with Crippen LogP contribution in [0.15, 0.2) is 0 Å². The van der Waals surface area contributed by atoms with Crippen molar-refractivity contribution in [3.63, 3.8) is 0 Å². The average molecular weight is 173 g/mol. The molecule has 0 aromatic rings. The molecule has 0 bridgehead atoms. The molecule has 0 saturated heterocycles. The molecule has 0 aliphatic carbocycles. The van der Waals surface area contributed by atoms with Gasteiger partial charge in [-0.15, -0.1) is 0 Å². The van der Waals surface area contributed by atoms with Gasteiger partial charge in [0.25, 0.3) is 0 Å². The highest BCUT2D eigenvalue weighted by Gasteiger charge is 2.27. The Kier molecular flexibility index (Phi) is 3.73. The molecule has 0 aromatic heterocycles. The SMILES string of the molecule is CNC(=O)CCC(C)(C)C(=O)O. The van der Waals surface area contributed by atoms with E-state index in [1.54, 1.807) is 13.8 Å². The van der Waals surface area contributed by atoms with Crippen LogP contribution in [0.4, 0.5) is 0 Å². The first kappa shape index (κ1) is 10.9. The lowest BCUT2D eigenvalue weighted by atomic mass is 9.88. The summed E-state index contributed by atoms with van der Waals surface area (Å²) < 4.78 is 0. The summed E-state index contributed by atoms with van der Waals surface area (Å²) in [5.41, 5.74) is -0.813. The first-order valence-electron chi connectivity index (χ1n) is 3.84. The third-order valence-electron chi connectivity index (χ3n) is 1.83. The molecule has 70 valence electrons. The highest BCUT2D eigenvalue weighted by atomic mass is 16.4.